The van der Waals surface area contributed by atoms with Crippen molar-refractivity contribution in [2.45, 2.75) is 19.4 Å². The molecule has 0 saturated carbocycles. The molecule has 1 aromatic heterocycles. The predicted molar refractivity (Wildman–Crippen MR) is 48.7 cm³/mol. The van der Waals surface area contributed by atoms with E-state index in [0.717, 1.165) is 25.2 Å². The Morgan fingerprint density at radius 1 is 1.69 bits per heavy atom. The van der Waals surface area contributed by atoms with E-state index < -0.39 is 0 Å². The van der Waals surface area contributed by atoms with E-state index in [9.17, 15) is 4.79 Å². The lowest BCUT2D eigenvalue weighted by Crippen LogP contribution is -2.18. The third-order valence-electron chi connectivity index (χ3n) is 1.65. The molecule has 0 bridgehead atoms. The quantitative estimate of drug-likeness (QED) is 0.531. The maximum absolute atomic E-state index is 10.4. The van der Waals surface area contributed by atoms with Crippen molar-refractivity contribution in [3.05, 3.63) is 18.2 Å². The summed E-state index contributed by atoms with van der Waals surface area (Å²) in [6, 6.07) is 0. The fourth-order valence-electron chi connectivity index (χ4n) is 0.992. The highest BCUT2D eigenvalue weighted by Crippen LogP contribution is 1.90. The third kappa shape index (κ3) is 4.27. The Hall–Kier alpha value is -1.36. The van der Waals surface area contributed by atoms with E-state index >= 15 is 0 Å². The van der Waals surface area contributed by atoms with Crippen LogP contribution in [0.2, 0.25) is 0 Å². The summed E-state index contributed by atoms with van der Waals surface area (Å²) in [5, 5.41) is 3.16. The molecule has 4 N–H and O–H groups in total. The average Bonchev–Trinajstić information content (AvgIpc) is 2.55. The molecule has 72 valence electrons. The van der Waals surface area contributed by atoms with Crippen LogP contribution < -0.4 is 11.1 Å². The van der Waals surface area contributed by atoms with Crippen LogP contribution in [-0.4, -0.2) is 22.4 Å². The van der Waals surface area contributed by atoms with Gasteiger partial charge in [-0.3, -0.25) is 4.79 Å². The lowest BCUT2D eigenvalue weighted by atomic mass is 10.3. The summed E-state index contributed by atoms with van der Waals surface area (Å²) < 4.78 is 0. The van der Waals surface area contributed by atoms with E-state index in [1.54, 1.807) is 12.5 Å². The molecular weight excluding hydrogens is 168 g/mol. The summed E-state index contributed by atoms with van der Waals surface area (Å²) in [6.07, 6.45) is 4.63. The molecular formula is C8H14N4O. The van der Waals surface area contributed by atoms with Gasteiger partial charge in [0.15, 0.2) is 0 Å². The SMILES string of the molecule is NC(=O)CCCNCc1cnc[nH]1. The minimum Gasteiger partial charge on any atom is -0.370 e. The number of H-pyrrole nitrogens is 1. The number of amides is 1. The fourth-order valence-corrected chi connectivity index (χ4v) is 0.992. The van der Waals surface area contributed by atoms with Crippen molar-refractivity contribution in [3.63, 3.8) is 0 Å². The van der Waals surface area contributed by atoms with Gasteiger partial charge in [0.05, 0.1) is 6.33 Å². The lowest BCUT2D eigenvalue weighted by Gasteiger charge is -2.00. The number of nitrogens with two attached hydrogens (primary N) is 1. The van der Waals surface area contributed by atoms with E-state index in [2.05, 4.69) is 15.3 Å². The normalized spacial score (nSPS) is 10.2. The smallest absolute Gasteiger partial charge is 0.217 e. The second-order valence-corrected chi connectivity index (χ2v) is 2.82. The van der Waals surface area contributed by atoms with Gasteiger partial charge >= 0.3 is 0 Å². The summed E-state index contributed by atoms with van der Waals surface area (Å²) in [4.78, 5) is 17.2. The molecule has 0 aliphatic heterocycles. The molecule has 5 nitrogen and oxygen atoms in total. The van der Waals surface area contributed by atoms with E-state index in [1.165, 1.54) is 0 Å². The Balaban J connectivity index is 1.99. The van der Waals surface area contributed by atoms with Gasteiger partial charge in [0, 0.05) is 24.9 Å². The van der Waals surface area contributed by atoms with Gasteiger partial charge in [0.2, 0.25) is 5.91 Å². The number of nitrogens with zero attached hydrogens (tertiary/aromatic N) is 1. The van der Waals surface area contributed by atoms with Gasteiger partial charge in [-0.15, -0.1) is 0 Å². The Labute approximate surface area is 76.7 Å². The Kier molecular flexibility index (Phi) is 3.98. The van der Waals surface area contributed by atoms with Crippen molar-refractivity contribution in [2.24, 2.45) is 5.73 Å². The first kappa shape index (κ1) is 9.73. The van der Waals surface area contributed by atoms with Gasteiger partial charge in [-0.05, 0) is 13.0 Å². The Morgan fingerprint density at radius 3 is 3.15 bits per heavy atom. The van der Waals surface area contributed by atoms with E-state index in [1.807, 2.05) is 0 Å². The maximum atomic E-state index is 10.4. The molecule has 5 heteroatoms. The Morgan fingerprint density at radius 2 is 2.54 bits per heavy atom. The summed E-state index contributed by atoms with van der Waals surface area (Å²) in [5.74, 6) is -0.247. The van der Waals surface area contributed by atoms with Gasteiger partial charge < -0.3 is 16.0 Å². The highest BCUT2D eigenvalue weighted by atomic mass is 16.1. The van der Waals surface area contributed by atoms with Gasteiger partial charge in [-0.2, -0.15) is 0 Å². The number of aromatic nitrogens is 2. The molecule has 0 radical (unpaired) electrons. The summed E-state index contributed by atoms with van der Waals surface area (Å²) in [7, 11) is 0. The van der Waals surface area contributed by atoms with Crippen LogP contribution in [-0.2, 0) is 11.3 Å². The zero-order chi connectivity index (χ0) is 9.52. The molecule has 1 amide bonds. The van der Waals surface area contributed by atoms with E-state index in [4.69, 9.17) is 5.73 Å². The molecule has 1 rings (SSSR count). The van der Waals surface area contributed by atoms with E-state index in [-0.39, 0.29) is 5.91 Å². The average molecular weight is 182 g/mol. The van der Waals surface area contributed by atoms with Crippen LogP contribution in [0.1, 0.15) is 18.5 Å². The van der Waals surface area contributed by atoms with Crippen molar-refractivity contribution in [1.29, 1.82) is 0 Å². The number of carbonyl (C=O) groups is 1. The zero-order valence-corrected chi connectivity index (χ0v) is 7.42. The highest BCUT2D eigenvalue weighted by Gasteiger charge is 1.95. The molecule has 0 spiro atoms. The highest BCUT2D eigenvalue weighted by molar-refractivity contribution is 5.73. The number of rotatable bonds is 6. The minimum atomic E-state index is -0.247. The molecule has 1 heterocycles. The summed E-state index contributed by atoms with van der Waals surface area (Å²) >= 11 is 0. The van der Waals surface area contributed by atoms with Crippen molar-refractivity contribution in [1.82, 2.24) is 15.3 Å². The second kappa shape index (κ2) is 5.31. The van der Waals surface area contributed by atoms with Crippen LogP contribution >= 0.6 is 0 Å². The molecule has 0 aromatic carbocycles. The van der Waals surface area contributed by atoms with Crippen LogP contribution in [0.15, 0.2) is 12.5 Å². The lowest BCUT2D eigenvalue weighted by molar-refractivity contribution is -0.118. The van der Waals surface area contributed by atoms with Crippen molar-refractivity contribution in [3.8, 4) is 0 Å². The van der Waals surface area contributed by atoms with Crippen LogP contribution in [0.3, 0.4) is 0 Å². The molecule has 0 fully saturated rings. The summed E-state index contributed by atoms with van der Waals surface area (Å²) in [5.41, 5.74) is 6.03. The summed E-state index contributed by atoms with van der Waals surface area (Å²) in [6.45, 7) is 1.54. The van der Waals surface area contributed by atoms with Crippen molar-refractivity contribution < 1.29 is 4.79 Å². The largest absolute Gasteiger partial charge is 0.370 e. The number of hydrogen-bond donors (Lipinski definition) is 3. The first-order valence-corrected chi connectivity index (χ1v) is 4.25. The minimum absolute atomic E-state index is 0.247. The maximum Gasteiger partial charge on any atom is 0.217 e. The first-order valence-electron chi connectivity index (χ1n) is 4.25. The van der Waals surface area contributed by atoms with Crippen LogP contribution in [0, 0.1) is 0 Å². The van der Waals surface area contributed by atoms with Crippen LogP contribution in [0.5, 0.6) is 0 Å². The number of primary amides is 1. The first-order chi connectivity index (χ1) is 6.29. The molecule has 0 unspecified atom stereocenters. The zero-order valence-electron chi connectivity index (χ0n) is 7.42. The van der Waals surface area contributed by atoms with Gasteiger partial charge in [-0.1, -0.05) is 0 Å². The number of hydrogen-bond acceptors (Lipinski definition) is 3. The molecule has 13 heavy (non-hydrogen) atoms. The second-order valence-electron chi connectivity index (χ2n) is 2.82. The Bertz CT molecular complexity index is 245. The monoisotopic (exact) mass is 182 g/mol. The van der Waals surface area contributed by atoms with Gasteiger partial charge in [0.25, 0.3) is 0 Å². The molecule has 0 saturated heterocycles. The van der Waals surface area contributed by atoms with Crippen LogP contribution in [0.4, 0.5) is 0 Å². The topological polar surface area (TPSA) is 83.8 Å². The fraction of sp³-hybridized carbons (Fsp3) is 0.500. The molecule has 1 aromatic rings. The number of carbonyl (C=O) groups excluding carboxylic acids is 1. The number of imidazole rings is 1. The molecule has 0 aliphatic carbocycles. The van der Waals surface area contributed by atoms with Gasteiger partial charge in [-0.25, -0.2) is 4.98 Å². The number of nitrogens with one attached hydrogen (secondary N) is 2. The van der Waals surface area contributed by atoms with Crippen molar-refractivity contribution in [2.75, 3.05) is 6.54 Å². The standard InChI is InChI=1S/C8H14N4O/c9-8(13)2-1-3-10-4-7-5-11-6-12-7/h5-6,10H,1-4H2,(H2,9,13)(H,11,12). The van der Waals surface area contributed by atoms with Gasteiger partial charge in [0.1, 0.15) is 0 Å². The third-order valence-corrected chi connectivity index (χ3v) is 1.65. The van der Waals surface area contributed by atoms with Crippen LogP contribution in [0.25, 0.3) is 0 Å². The van der Waals surface area contributed by atoms with E-state index in [0.29, 0.717) is 6.42 Å². The number of aromatic amines is 1. The molecule has 0 atom stereocenters. The predicted octanol–water partition coefficient (Wildman–Crippen LogP) is -0.235. The molecule has 0 aliphatic rings. The van der Waals surface area contributed by atoms with Crippen molar-refractivity contribution >= 4 is 5.91 Å².